The molecule has 102 valence electrons. The molecule has 1 amide bonds. The summed E-state index contributed by atoms with van der Waals surface area (Å²) in [5.41, 5.74) is 3.23. The van der Waals surface area contributed by atoms with Crippen LogP contribution >= 0.6 is 0 Å². The summed E-state index contributed by atoms with van der Waals surface area (Å²) in [6, 6.07) is 17.9. The van der Waals surface area contributed by atoms with Crippen molar-refractivity contribution in [2.24, 2.45) is 0 Å². The molecule has 1 heterocycles. The van der Waals surface area contributed by atoms with Crippen molar-refractivity contribution < 1.29 is 4.79 Å². The van der Waals surface area contributed by atoms with E-state index in [2.05, 4.69) is 32.0 Å². The maximum atomic E-state index is 12.8. The zero-order chi connectivity index (χ0) is 14.2. The molecule has 2 aromatic rings. The highest BCUT2D eigenvalue weighted by molar-refractivity contribution is 5.94. The van der Waals surface area contributed by atoms with Crippen molar-refractivity contribution in [1.82, 2.24) is 4.90 Å². The zero-order valence-corrected chi connectivity index (χ0v) is 12.0. The molecule has 0 atom stereocenters. The molecule has 1 aliphatic rings. The zero-order valence-electron chi connectivity index (χ0n) is 12.0. The number of benzene rings is 2. The van der Waals surface area contributed by atoms with Crippen LogP contribution < -0.4 is 0 Å². The highest BCUT2D eigenvalue weighted by atomic mass is 16.2. The Morgan fingerprint density at radius 2 is 1.55 bits per heavy atom. The first-order valence-electron chi connectivity index (χ1n) is 7.02. The van der Waals surface area contributed by atoms with Gasteiger partial charge in [0.25, 0.3) is 5.91 Å². The topological polar surface area (TPSA) is 20.3 Å². The Kier molecular flexibility index (Phi) is 3.09. The van der Waals surface area contributed by atoms with E-state index >= 15 is 0 Å². The SMILES string of the molecule is CC1(C)Cc2ccccc2CN1C(=O)c1ccccc1. The van der Waals surface area contributed by atoms with Crippen LogP contribution in [0.5, 0.6) is 0 Å². The third-order valence-electron chi connectivity index (χ3n) is 4.07. The lowest BCUT2D eigenvalue weighted by atomic mass is 9.85. The van der Waals surface area contributed by atoms with Crippen LogP contribution in [0.15, 0.2) is 54.6 Å². The second-order valence-electron chi connectivity index (χ2n) is 6.02. The number of rotatable bonds is 1. The lowest BCUT2D eigenvalue weighted by molar-refractivity contribution is 0.0488. The summed E-state index contributed by atoms with van der Waals surface area (Å²) in [5, 5.41) is 0. The highest BCUT2D eigenvalue weighted by Crippen LogP contribution is 2.31. The van der Waals surface area contributed by atoms with E-state index in [9.17, 15) is 4.79 Å². The molecule has 0 aromatic heterocycles. The Labute approximate surface area is 120 Å². The normalized spacial score (nSPS) is 16.6. The quantitative estimate of drug-likeness (QED) is 0.770. The molecule has 20 heavy (non-hydrogen) atoms. The molecule has 2 heteroatoms. The van der Waals surface area contributed by atoms with Crippen LogP contribution in [0.3, 0.4) is 0 Å². The molecule has 1 aliphatic heterocycles. The van der Waals surface area contributed by atoms with E-state index in [4.69, 9.17) is 0 Å². The van der Waals surface area contributed by atoms with E-state index in [-0.39, 0.29) is 11.4 Å². The Bertz CT molecular complexity index is 631. The van der Waals surface area contributed by atoms with E-state index in [1.165, 1.54) is 11.1 Å². The fourth-order valence-corrected chi connectivity index (χ4v) is 2.91. The number of nitrogens with zero attached hydrogens (tertiary/aromatic N) is 1. The summed E-state index contributed by atoms with van der Waals surface area (Å²) in [5.74, 6) is 0.116. The van der Waals surface area contributed by atoms with Crippen LogP contribution in [0.1, 0.15) is 35.3 Å². The Hall–Kier alpha value is -2.09. The number of carbonyl (C=O) groups excluding carboxylic acids is 1. The molecule has 0 bridgehead atoms. The van der Waals surface area contributed by atoms with Gasteiger partial charge in [-0.2, -0.15) is 0 Å². The van der Waals surface area contributed by atoms with Crippen molar-refractivity contribution in [2.75, 3.05) is 0 Å². The number of hydrogen-bond donors (Lipinski definition) is 0. The Balaban J connectivity index is 1.96. The van der Waals surface area contributed by atoms with Crippen molar-refractivity contribution in [3.8, 4) is 0 Å². The van der Waals surface area contributed by atoms with Crippen LogP contribution in [0.4, 0.5) is 0 Å². The maximum absolute atomic E-state index is 12.8. The third-order valence-corrected chi connectivity index (χ3v) is 4.07. The van der Waals surface area contributed by atoms with Gasteiger partial charge in [0.05, 0.1) is 0 Å². The minimum atomic E-state index is -0.152. The van der Waals surface area contributed by atoms with E-state index in [1.807, 2.05) is 41.3 Å². The monoisotopic (exact) mass is 265 g/mol. The summed E-state index contributed by atoms with van der Waals surface area (Å²) in [7, 11) is 0. The number of hydrogen-bond acceptors (Lipinski definition) is 1. The van der Waals surface area contributed by atoms with Gasteiger partial charge in [-0.1, -0.05) is 42.5 Å². The first-order chi connectivity index (χ1) is 9.58. The molecule has 0 N–H and O–H groups in total. The molecule has 0 unspecified atom stereocenters. The van der Waals surface area contributed by atoms with Gasteiger partial charge in [0.15, 0.2) is 0 Å². The molecule has 0 aliphatic carbocycles. The van der Waals surface area contributed by atoms with Crippen molar-refractivity contribution >= 4 is 5.91 Å². The van der Waals surface area contributed by atoms with Gasteiger partial charge in [0, 0.05) is 17.6 Å². The van der Waals surface area contributed by atoms with E-state index in [0.29, 0.717) is 6.54 Å². The minimum absolute atomic E-state index is 0.116. The second kappa shape index (κ2) is 4.78. The van der Waals surface area contributed by atoms with Crippen LogP contribution in [0.2, 0.25) is 0 Å². The van der Waals surface area contributed by atoms with Crippen molar-refractivity contribution in [3.05, 3.63) is 71.3 Å². The smallest absolute Gasteiger partial charge is 0.254 e. The second-order valence-corrected chi connectivity index (χ2v) is 6.02. The molecular formula is C18H19NO. The lowest BCUT2D eigenvalue weighted by Crippen LogP contribution is -2.51. The van der Waals surface area contributed by atoms with Crippen LogP contribution in [-0.2, 0) is 13.0 Å². The van der Waals surface area contributed by atoms with Gasteiger partial charge in [0.1, 0.15) is 0 Å². The van der Waals surface area contributed by atoms with Crippen molar-refractivity contribution in [3.63, 3.8) is 0 Å². The molecule has 0 radical (unpaired) electrons. The predicted octanol–water partition coefficient (Wildman–Crippen LogP) is 3.66. The van der Waals surface area contributed by atoms with E-state index in [1.54, 1.807) is 0 Å². The standard InChI is InChI=1S/C18H19NO/c1-18(2)12-15-10-6-7-11-16(15)13-19(18)17(20)14-8-4-3-5-9-14/h3-11H,12-13H2,1-2H3. The third kappa shape index (κ3) is 2.22. The first-order valence-corrected chi connectivity index (χ1v) is 7.02. The lowest BCUT2D eigenvalue weighted by Gasteiger charge is -2.43. The molecule has 2 aromatic carbocycles. The highest BCUT2D eigenvalue weighted by Gasteiger charge is 2.35. The molecule has 0 fully saturated rings. The summed E-state index contributed by atoms with van der Waals surface area (Å²) in [6.07, 6.45) is 0.905. The fourth-order valence-electron chi connectivity index (χ4n) is 2.91. The summed E-state index contributed by atoms with van der Waals surface area (Å²) >= 11 is 0. The minimum Gasteiger partial charge on any atom is -0.329 e. The average molecular weight is 265 g/mol. The van der Waals surface area contributed by atoms with Gasteiger partial charge >= 0.3 is 0 Å². The molecule has 3 rings (SSSR count). The summed E-state index contributed by atoms with van der Waals surface area (Å²) in [4.78, 5) is 14.7. The van der Waals surface area contributed by atoms with E-state index in [0.717, 1.165) is 12.0 Å². The fraction of sp³-hybridized carbons (Fsp3) is 0.278. The first kappa shape index (κ1) is 12.9. The molecule has 0 saturated carbocycles. The van der Waals surface area contributed by atoms with Gasteiger partial charge in [-0.15, -0.1) is 0 Å². The van der Waals surface area contributed by atoms with Gasteiger partial charge in [-0.3, -0.25) is 4.79 Å². The largest absolute Gasteiger partial charge is 0.329 e. The van der Waals surface area contributed by atoms with Crippen molar-refractivity contribution in [2.45, 2.75) is 32.4 Å². The van der Waals surface area contributed by atoms with Gasteiger partial charge in [-0.25, -0.2) is 0 Å². The molecular weight excluding hydrogens is 246 g/mol. The van der Waals surface area contributed by atoms with Crippen LogP contribution in [0.25, 0.3) is 0 Å². The molecule has 0 spiro atoms. The molecule has 2 nitrogen and oxygen atoms in total. The van der Waals surface area contributed by atoms with Crippen LogP contribution in [-0.4, -0.2) is 16.3 Å². The molecule has 0 saturated heterocycles. The van der Waals surface area contributed by atoms with Crippen molar-refractivity contribution in [1.29, 1.82) is 0 Å². The predicted molar refractivity (Wildman–Crippen MR) is 80.5 cm³/mol. The van der Waals surface area contributed by atoms with E-state index < -0.39 is 0 Å². The maximum Gasteiger partial charge on any atom is 0.254 e. The number of amides is 1. The average Bonchev–Trinajstić information content (AvgIpc) is 2.46. The van der Waals surface area contributed by atoms with Gasteiger partial charge < -0.3 is 4.90 Å². The van der Waals surface area contributed by atoms with Gasteiger partial charge in [-0.05, 0) is 43.5 Å². The van der Waals surface area contributed by atoms with Crippen LogP contribution in [0, 0.1) is 0 Å². The Morgan fingerprint density at radius 3 is 2.25 bits per heavy atom. The number of fused-ring (bicyclic) bond motifs is 1. The summed E-state index contributed by atoms with van der Waals surface area (Å²) in [6.45, 7) is 4.98. The van der Waals surface area contributed by atoms with Gasteiger partial charge in [0.2, 0.25) is 0 Å². The summed E-state index contributed by atoms with van der Waals surface area (Å²) < 4.78 is 0. The Morgan fingerprint density at radius 1 is 0.950 bits per heavy atom. The number of carbonyl (C=O) groups is 1.